The molecule has 32 heavy (non-hydrogen) atoms. The summed E-state index contributed by atoms with van der Waals surface area (Å²) in [5, 5.41) is 6.24. The number of amides is 1. The van der Waals surface area contributed by atoms with E-state index < -0.39 is 0 Å². The number of nitrogens with zero attached hydrogens (tertiary/aromatic N) is 1. The number of halogens is 2. The lowest BCUT2D eigenvalue weighted by molar-refractivity contribution is 0.0949. The highest BCUT2D eigenvalue weighted by Crippen LogP contribution is 2.35. The Morgan fingerprint density at radius 2 is 1.66 bits per heavy atom. The van der Waals surface area contributed by atoms with E-state index in [9.17, 15) is 4.79 Å². The Morgan fingerprint density at radius 3 is 2.47 bits per heavy atom. The van der Waals surface area contributed by atoms with Gasteiger partial charge < -0.3 is 10.3 Å². The second-order valence-corrected chi connectivity index (χ2v) is 8.41. The molecule has 2 N–H and O–H groups in total. The molecule has 158 valence electrons. The van der Waals surface area contributed by atoms with E-state index in [-0.39, 0.29) is 5.91 Å². The van der Waals surface area contributed by atoms with Crippen molar-refractivity contribution in [3.05, 3.63) is 100 Å². The molecule has 0 saturated heterocycles. The SMILES string of the molecule is O=C(NCCc1ccc(Cl)cc1)c1cc2c([nH]c3ccccc32)c(-c2ccccc2Cl)n1. The van der Waals surface area contributed by atoms with E-state index in [1.807, 2.05) is 78.9 Å². The lowest BCUT2D eigenvalue weighted by atomic mass is 10.1. The Balaban J connectivity index is 1.52. The smallest absolute Gasteiger partial charge is 0.269 e. The van der Waals surface area contributed by atoms with Crippen molar-refractivity contribution >= 4 is 50.9 Å². The third-order valence-electron chi connectivity index (χ3n) is 5.47. The molecule has 0 aliphatic heterocycles. The van der Waals surface area contributed by atoms with Crippen LogP contribution < -0.4 is 5.32 Å². The summed E-state index contributed by atoms with van der Waals surface area (Å²) in [4.78, 5) is 21.2. The molecule has 0 aliphatic rings. The van der Waals surface area contributed by atoms with Crippen LogP contribution in [0.25, 0.3) is 33.1 Å². The van der Waals surface area contributed by atoms with Crippen LogP contribution in [0.15, 0.2) is 78.9 Å². The topological polar surface area (TPSA) is 57.8 Å². The highest BCUT2D eigenvalue weighted by atomic mass is 35.5. The van der Waals surface area contributed by atoms with Gasteiger partial charge in [0.25, 0.3) is 5.91 Å². The summed E-state index contributed by atoms with van der Waals surface area (Å²) in [6, 6.07) is 25.0. The molecule has 0 unspecified atom stereocenters. The minimum atomic E-state index is -0.223. The predicted octanol–water partition coefficient (Wildman–Crippen LogP) is 6.66. The van der Waals surface area contributed by atoms with Gasteiger partial charge in [-0.05, 0) is 42.3 Å². The third-order valence-corrected chi connectivity index (χ3v) is 6.05. The highest BCUT2D eigenvalue weighted by Gasteiger charge is 2.18. The number of fused-ring (bicyclic) bond motifs is 3. The van der Waals surface area contributed by atoms with Crippen LogP contribution in [0, 0.1) is 0 Å². The molecule has 0 atom stereocenters. The fourth-order valence-corrected chi connectivity index (χ4v) is 4.22. The Kier molecular flexibility index (Phi) is 5.56. The molecule has 0 fully saturated rings. The number of H-pyrrole nitrogens is 1. The van der Waals surface area contributed by atoms with Gasteiger partial charge in [0, 0.05) is 33.4 Å². The quantitative estimate of drug-likeness (QED) is 0.308. The molecule has 2 heterocycles. The van der Waals surface area contributed by atoms with Crippen molar-refractivity contribution in [2.45, 2.75) is 6.42 Å². The fraction of sp³-hybridized carbons (Fsp3) is 0.0769. The molecule has 0 aliphatic carbocycles. The van der Waals surface area contributed by atoms with Gasteiger partial charge in [0.15, 0.2) is 0 Å². The first-order valence-corrected chi connectivity index (χ1v) is 11.0. The molecule has 4 nitrogen and oxygen atoms in total. The van der Waals surface area contributed by atoms with Crippen molar-refractivity contribution in [2.24, 2.45) is 0 Å². The highest BCUT2D eigenvalue weighted by molar-refractivity contribution is 6.33. The van der Waals surface area contributed by atoms with Crippen LogP contribution in [-0.4, -0.2) is 22.4 Å². The first-order valence-electron chi connectivity index (χ1n) is 10.3. The summed E-state index contributed by atoms with van der Waals surface area (Å²) in [5.41, 5.74) is 4.74. The molecule has 3 aromatic carbocycles. The van der Waals surface area contributed by atoms with Crippen LogP contribution >= 0.6 is 23.2 Å². The number of hydrogen-bond acceptors (Lipinski definition) is 2. The van der Waals surface area contributed by atoms with Gasteiger partial charge >= 0.3 is 0 Å². The first-order chi connectivity index (χ1) is 15.6. The van der Waals surface area contributed by atoms with E-state index in [1.165, 1.54) is 0 Å². The Bertz CT molecular complexity index is 1440. The van der Waals surface area contributed by atoms with Crippen molar-refractivity contribution in [3.8, 4) is 11.3 Å². The summed E-state index contributed by atoms with van der Waals surface area (Å²) in [5.74, 6) is -0.223. The minimum absolute atomic E-state index is 0.223. The zero-order valence-corrected chi connectivity index (χ0v) is 18.5. The molecule has 0 spiro atoms. The van der Waals surface area contributed by atoms with Crippen molar-refractivity contribution in [3.63, 3.8) is 0 Å². The van der Waals surface area contributed by atoms with E-state index in [0.29, 0.717) is 34.4 Å². The van der Waals surface area contributed by atoms with Crippen molar-refractivity contribution in [2.75, 3.05) is 6.54 Å². The van der Waals surface area contributed by atoms with Gasteiger partial charge in [-0.1, -0.05) is 71.7 Å². The van der Waals surface area contributed by atoms with Gasteiger partial charge in [-0.25, -0.2) is 4.98 Å². The average Bonchev–Trinajstić information content (AvgIpc) is 3.19. The van der Waals surface area contributed by atoms with Crippen LogP contribution in [0.3, 0.4) is 0 Å². The summed E-state index contributed by atoms with van der Waals surface area (Å²) in [6.07, 6.45) is 0.704. The Hall–Kier alpha value is -3.34. The van der Waals surface area contributed by atoms with E-state index >= 15 is 0 Å². The Morgan fingerprint density at radius 1 is 0.906 bits per heavy atom. The second-order valence-electron chi connectivity index (χ2n) is 7.56. The van der Waals surface area contributed by atoms with Gasteiger partial charge in [-0.2, -0.15) is 0 Å². The van der Waals surface area contributed by atoms with Crippen LogP contribution in [0.2, 0.25) is 10.0 Å². The maximum Gasteiger partial charge on any atom is 0.269 e. The van der Waals surface area contributed by atoms with Gasteiger partial charge in [0.1, 0.15) is 5.69 Å². The number of aromatic nitrogens is 2. The van der Waals surface area contributed by atoms with Crippen molar-refractivity contribution < 1.29 is 4.79 Å². The number of benzene rings is 3. The number of aromatic amines is 1. The van der Waals surface area contributed by atoms with E-state index in [0.717, 1.165) is 32.9 Å². The standard InChI is InChI=1S/C26H19Cl2N3O/c27-17-11-9-16(10-12-17)13-14-29-26(32)23-15-20-18-5-2-4-8-22(18)30-25(20)24(31-23)19-6-1-3-7-21(19)28/h1-12,15,30H,13-14H2,(H,29,32). The number of nitrogens with one attached hydrogen (secondary N) is 2. The largest absolute Gasteiger partial charge is 0.353 e. The van der Waals surface area contributed by atoms with Gasteiger partial charge in [0.05, 0.1) is 16.2 Å². The van der Waals surface area contributed by atoms with Crippen molar-refractivity contribution in [1.82, 2.24) is 15.3 Å². The molecule has 1 amide bonds. The Labute approximate surface area is 195 Å². The zero-order valence-electron chi connectivity index (χ0n) is 17.0. The summed E-state index contributed by atoms with van der Waals surface area (Å²) in [7, 11) is 0. The molecular weight excluding hydrogens is 441 g/mol. The number of hydrogen-bond donors (Lipinski definition) is 2. The number of carbonyl (C=O) groups excluding carboxylic acids is 1. The molecule has 5 aromatic rings. The molecule has 0 bridgehead atoms. The van der Waals surface area contributed by atoms with Crippen LogP contribution in [-0.2, 0) is 6.42 Å². The fourth-order valence-electron chi connectivity index (χ4n) is 3.87. The molecule has 6 heteroatoms. The lowest BCUT2D eigenvalue weighted by Gasteiger charge is -2.10. The molecule has 5 rings (SSSR count). The predicted molar refractivity (Wildman–Crippen MR) is 132 cm³/mol. The van der Waals surface area contributed by atoms with E-state index in [4.69, 9.17) is 28.2 Å². The molecule has 0 radical (unpaired) electrons. The van der Waals surface area contributed by atoms with Crippen LogP contribution in [0.5, 0.6) is 0 Å². The zero-order chi connectivity index (χ0) is 22.1. The molecule has 2 aromatic heterocycles. The normalized spacial score (nSPS) is 11.2. The van der Waals surface area contributed by atoms with E-state index in [2.05, 4.69) is 10.3 Å². The average molecular weight is 460 g/mol. The summed E-state index contributed by atoms with van der Waals surface area (Å²) in [6.45, 7) is 0.496. The van der Waals surface area contributed by atoms with Crippen molar-refractivity contribution in [1.29, 1.82) is 0 Å². The van der Waals surface area contributed by atoms with Gasteiger partial charge in [0.2, 0.25) is 0 Å². The maximum atomic E-state index is 13.0. The first kappa shape index (κ1) is 20.6. The number of carbonyl (C=O) groups is 1. The molecular formula is C26H19Cl2N3O. The second kappa shape index (κ2) is 8.65. The lowest BCUT2D eigenvalue weighted by Crippen LogP contribution is -2.26. The summed E-state index contributed by atoms with van der Waals surface area (Å²) < 4.78 is 0. The van der Waals surface area contributed by atoms with Gasteiger partial charge in [-0.3, -0.25) is 4.79 Å². The van der Waals surface area contributed by atoms with Crippen LogP contribution in [0.1, 0.15) is 16.1 Å². The minimum Gasteiger partial charge on any atom is -0.353 e. The monoisotopic (exact) mass is 459 g/mol. The van der Waals surface area contributed by atoms with Gasteiger partial charge in [-0.15, -0.1) is 0 Å². The number of rotatable bonds is 5. The maximum absolute atomic E-state index is 13.0. The summed E-state index contributed by atoms with van der Waals surface area (Å²) >= 11 is 12.4. The number of para-hydroxylation sites is 1. The molecule has 0 saturated carbocycles. The third kappa shape index (κ3) is 3.95. The number of pyridine rings is 1. The van der Waals surface area contributed by atoms with E-state index in [1.54, 1.807) is 0 Å². The van der Waals surface area contributed by atoms with Crippen LogP contribution in [0.4, 0.5) is 0 Å².